The number of rotatable bonds is 4. The number of thiazole rings is 1. The van der Waals surface area contributed by atoms with Gasteiger partial charge in [0.2, 0.25) is 5.91 Å². The predicted octanol–water partition coefficient (Wildman–Crippen LogP) is 1.23. The van der Waals surface area contributed by atoms with E-state index in [1.165, 1.54) is 0 Å². The van der Waals surface area contributed by atoms with Crippen molar-refractivity contribution in [2.45, 2.75) is 39.3 Å². The number of carbonyl (C=O) groups excluding carboxylic acids is 1. The molecule has 1 aromatic rings. The summed E-state index contributed by atoms with van der Waals surface area (Å²) in [4.78, 5) is 15.6. The maximum absolute atomic E-state index is 11.2. The summed E-state index contributed by atoms with van der Waals surface area (Å²) in [5.41, 5.74) is 6.50. The van der Waals surface area contributed by atoms with Crippen LogP contribution in [0.5, 0.6) is 0 Å². The van der Waals surface area contributed by atoms with Gasteiger partial charge in [0.05, 0.1) is 18.3 Å². The molecule has 1 heterocycles. The van der Waals surface area contributed by atoms with Crippen LogP contribution in [0.2, 0.25) is 0 Å². The zero-order valence-electron chi connectivity index (χ0n) is 9.28. The Bertz CT molecular complexity index is 333. The van der Waals surface area contributed by atoms with Crippen LogP contribution in [0.4, 0.5) is 0 Å². The predicted molar refractivity (Wildman–Crippen MR) is 61.7 cm³/mol. The minimum atomic E-state index is -0.463. The monoisotopic (exact) mass is 227 g/mol. The van der Waals surface area contributed by atoms with Gasteiger partial charge in [-0.15, -0.1) is 11.3 Å². The van der Waals surface area contributed by atoms with Crippen molar-refractivity contribution in [2.75, 3.05) is 0 Å². The van der Waals surface area contributed by atoms with Gasteiger partial charge in [-0.2, -0.15) is 0 Å². The number of nitrogens with zero attached hydrogens (tertiary/aromatic N) is 1. The topological polar surface area (TPSA) is 68.0 Å². The summed E-state index contributed by atoms with van der Waals surface area (Å²) < 4.78 is 0. The molecular formula is C10H17N3OS. The minimum absolute atomic E-state index is 0.142. The van der Waals surface area contributed by atoms with Gasteiger partial charge in [-0.05, 0) is 12.8 Å². The van der Waals surface area contributed by atoms with E-state index < -0.39 is 6.04 Å². The molecule has 5 heteroatoms. The van der Waals surface area contributed by atoms with Crippen LogP contribution in [-0.4, -0.2) is 16.9 Å². The third-order valence-electron chi connectivity index (χ3n) is 1.99. The van der Waals surface area contributed by atoms with Crippen LogP contribution in [0, 0.1) is 0 Å². The molecule has 0 aromatic carbocycles. The number of hydrogen-bond donors (Lipinski definition) is 2. The zero-order chi connectivity index (χ0) is 11.4. The largest absolute Gasteiger partial charge is 0.348 e. The molecule has 15 heavy (non-hydrogen) atoms. The quantitative estimate of drug-likeness (QED) is 0.813. The Hall–Kier alpha value is -0.940. The number of carbonyl (C=O) groups is 1. The molecule has 0 unspecified atom stereocenters. The van der Waals surface area contributed by atoms with Crippen molar-refractivity contribution in [3.63, 3.8) is 0 Å². The first-order valence-electron chi connectivity index (χ1n) is 4.98. The normalized spacial score (nSPS) is 12.9. The third-order valence-corrected chi connectivity index (χ3v) is 2.86. The second-order valence-corrected chi connectivity index (χ2v) is 4.77. The van der Waals surface area contributed by atoms with Gasteiger partial charge in [0.25, 0.3) is 0 Å². The molecule has 84 valence electrons. The Balaban J connectivity index is 2.48. The van der Waals surface area contributed by atoms with Crippen LogP contribution in [0.1, 0.15) is 37.4 Å². The first-order chi connectivity index (χ1) is 7.00. The van der Waals surface area contributed by atoms with Crippen molar-refractivity contribution in [1.82, 2.24) is 10.3 Å². The minimum Gasteiger partial charge on any atom is -0.348 e. The van der Waals surface area contributed by atoms with Gasteiger partial charge in [0.1, 0.15) is 5.01 Å². The fourth-order valence-electron chi connectivity index (χ4n) is 0.995. The van der Waals surface area contributed by atoms with E-state index >= 15 is 0 Å². The van der Waals surface area contributed by atoms with E-state index in [0.29, 0.717) is 12.5 Å². The lowest BCUT2D eigenvalue weighted by Gasteiger charge is -2.05. The summed E-state index contributed by atoms with van der Waals surface area (Å²) in [6.07, 6.45) is 0. The first-order valence-corrected chi connectivity index (χ1v) is 5.86. The van der Waals surface area contributed by atoms with E-state index in [1.54, 1.807) is 18.3 Å². The van der Waals surface area contributed by atoms with Crippen LogP contribution in [0.15, 0.2) is 5.38 Å². The molecule has 0 saturated heterocycles. The van der Waals surface area contributed by atoms with E-state index in [2.05, 4.69) is 24.1 Å². The standard InChI is InChI=1S/C10H17N3OS/c1-6(2)8-5-15-9(13-8)4-12-10(14)7(3)11/h5-7H,4,11H2,1-3H3,(H,12,14)/t7-/m1/s1. The van der Waals surface area contributed by atoms with E-state index in [4.69, 9.17) is 5.73 Å². The molecule has 0 radical (unpaired) electrons. The lowest BCUT2D eigenvalue weighted by molar-refractivity contribution is -0.122. The summed E-state index contributed by atoms with van der Waals surface area (Å²) in [5, 5.41) is 5.68. The van der Waals surface area contributed by atoms with Crippen molar-refractivity contribution in [3.8, 4) is 0 Å². The maximum Gasteiger partial charge on any atom is 0.236 e. The zero-order valence-corrected chi connectivity index (χ0v) is 10.1. The highest BCUT2D eigenvalue weighted by atomic mass is 32.1. The van der Waals surface area contributed by atoms with Gasteiger partial charge in [-0.3, -0.25) is 4.79 Å². The third kappa shape index (κ3) is 3.60. The van der Waals surface area contributed by atoms with E-state index in [9.17, 15) is 4.79 Å². The van der Waals surface area contributed by atoms with Gasteiger partial charge < -0.3 is 11.1 Å². The number of nitrogens with two attached hydrogens (primary N) is 1. The lowest BCUT2D eigenvalue weighted by Crippen LogP contribution is -2.37. The lowest BCUT2D eigenvalue weighted by atomic mass is 10.2. The SMILES string of the molecule is CC(C)c1csc(CNC(=O)[C@@H](C)N)n1. The van der Waals surface area contributed by atoms with Crippen molar-refractivity contribution in [3.05, 3.63) is 16.1 Å². The molecule has 0 fully saturated rings. The van der Waals surface area contributed by atoms with Gasteiger partial charge in [-0.25, -0.2) is 4.98 Å². The average Bonchev–Trinajstić information content (AvgIpc) is 2.62. The second kappa shape index (κ2) is 5.23. The Labute approximate surface area is 93.9 Å². The van der Waals surface area contributed by atoms with Gasteiger partial charge in [0.15, 0.2) is 0 Å². The van der Waals surface area contributed by atoms with Crippen molar-refractivity contribution in [2.24, 2.45) is 5.73 Å². The highest BCUT2D eigenvalue weighted by Gasteiger charge is 2.09. The van der Waals surface area contributed by atoms with Crippen LogP contribution >= 0.6 is 11.3 Å². The van der Waals surface area contributed by atoms with Crippen molar-refractivity contribution in [1.29, 1.82) is 0 Å². The Morgan fingerprint density at radius 2 is 2.27 bits per heavy atom. The molecule has 1 aromatic heterocycles. The maximum atomic E-state index is 11.2. The highest BCUT2D eigenvalue weighted by Crippen LogP contribution is 2.17. The van der Waals surface area contributed by atoms with E-state index in [1.807, 2.05) is 5.38 Å². The smallest absolute Gasteiger partial charge is 0.236 e. The molecule has 0 aliphatic rings. The first kappa shape index (κ1) is 12.1. The molecular weight excluding hydrogens is 210 g/mol. The number of nitrogens with one attached hydrogen (secondary N) is 1. The molecule has 1 amide bonds. The van der Waals surface area contributed by atoms with Crippen LogP contribution in [-0.2, 0) is 11.3 Å². The fraction of sp³-hybridized carbons (Fsp3) is 0.600. The number of hydrogen-bond acceptors (Lipinski definition) is 4. The summed E-state index contributed by atoms with van der Waals surface area (Å²) in [7, 11) is 0. The molecule has 0 aliphatic heterocycles. The molecule has 0 spiro atoms. The molecule has 1 rings (SSSR count). The number of aromatic nitrogens is 1. The van der Waals surface area contributed by atoms with Gasteiger partial charge in [-0.1, -0.05) is 13.8 Å². The molecule has 0 bridgehead atoms. The summed E-state index contributed by atoms with van der Waals surface area (Å²) in [6, 6.07) is -0.463. The van der Waals surface area contributed by atoms with Gasteiger partial charge in [0, 0.05) is 5.38 Å². The average molecular weight is 227 g/mol. The Kier molecular flexibility index (Phi) is 4.23. The molecule has 0 aliphatic carbocycles. The Morgan fingerprint density at radius 1 is 1.60 bits per heavy atom. The van der Waals surface area contributed by atoms with E-state index in [0.717, 1.165) is 10.7 Å². The van der Waals surface area contributed by atoms with Gasteiger partial charge >= 0.3 is 0 Å². The van der Waals surface area contributed by atoms with Crippen LogP contribution in [0.25, 0.3) is 0 Å². The Morgan fingerprint density at radius 3 is 2.73 bits per heavy atom. The summed E-state index contributed by atoms with van der Waals surface area (Å²) in [6.45, 7) is 6.33. The molecule has 3 N–H and O–H groups in total. The van der Waals surface area contributed by atoms with Crippen molar-refractivity contribution < 1.29 is 4.79 Å². The molecule has 0 saturated carbocycles. The molecule has 4 nitrogen and oxygen atoms in total. The van der Waals surface area contributed by atoms with Crippen LogP contribution < -0.4 is 11.1 Å². The fourth-order valence-corrected chi connectivity index (χ4v) is 1.89. The number of amides is 1. The molecule has 1 atom stereocenters. The second-order valence-electron chi connectivity index (χ2n) is 3.83. The highest BCUT2D eigenvalue weighted by molar-refractivity contribution is 7.09. The summed E-state index contributed by atoms with van der Waals surface area (Å²) in [5.74, 6) is 0.287. The van der Waals surface area contributed by atoms with Crippen LogP contribution in [0.3, 0.4) is 0 Å². The van der Waals surface area contributed by atoms with Crippen molar-refractivity contribution >= 4 is 17.2 Å². The summed E-state index contributed by atoms with van der Waals surface area (Å²) >= 11 is 1.56. The van der Waals surface area contributed by atoms with E-state index in [-0.39, 0.29) is 5.91 Å².